The van der Waals surface area contributed by atoms with Crippen molar-refractivity contribution in [1.82, 2.24) is 10.2 Å². The van der Waals surface area contributed by atoms with Gasteiger partial charge in [0.05, 0.1) is 6.54 Å². The van der Waals surface area contributed by atoms with Crippen LogP contribution in [0.2, 0.25) is 0 Å². The summed E-state index contributed by atoms with van der Waals surface area (Å²) in [6.07, 6.45) is 0. The number of hydrogen-bond donors (Lipinski definition) is 2. The van der Waals surface area contributed by atoms with Crippen molar-refractivity contribution in [2.75, 3.05) is 26.2 Å². The lowest BCUT2D eigenvalue weighted by atomic mass is 9.98. The van der Waals surface area contributed by atoms with E-state index in [9.17, 15) is 9.59 Å². The van der Waals surface area contributed by atoms with Gasteiger partial charge in [-0.3, -0.25) is 9.59 Å². The van der Waals surface area contributed by atoms with Crippen molar-refractivity contribution < 1.29 is 14.9 Å². The fourth-order valence-corrected chi connectivity index (χ4v) is 3.05. The summed E-state index contributed by atoms with van der Waals surface area (Å²) in [6.45, 7) is 7.32. The smallest absolute Gasteiger partial charge is 0.278 e. The largest absolute Gasteiger partial charge is 0.355 e. The van der Waals surface area contributed by atoms with Gasteiger partial charge in [0.15, 0.2) is 6.54 Å². The molecule has 0 aliphatic heterocycles. The lowest BCUT2D eigenvalue weighted by Crippen LogP contribution is -2.87. The minimum absolute atomic E-state index is 0.0307. The topological polar surface area (TPSA) is 66.0 Å². The number of amides is 2. The normalized spacial score (nSPS) is 11.7. The molecule has 2 rings (SSSR count). The van der Waals surface area contributed by atoms with E-state index < -0.39 is 0 Å². The molecule has 0 aliphatic carbocycles. The molecule has 5 heteroatoms. The number of hydrogen-bond acceptors (Lipinski definition) is 2. The second-order valence-corrected chi connectivity index (χ2v) is 6.60. The Kier molecular flexibility index (Phi) is 8.01. The highest BCUT2D eigenvalue weighted by atomic mass is 16.2. The summed E-state index contributed by atoms with van der Waals surface area (Å²) < 4.78 is 0. The zero-order chi connectivity index (χ0) is 19.6. The van der Waals surface area contributed by atoms with Gasteiger partial charge < -0.3 is 15.5 Å². The van der Waals surface area contributed by atoms with Crippen LogP contribution in [0, 0.1) is 6.92 Å². The number of nitrogens with zero attached hydrogens (tertiary/aromatic N) is 1. The third-order valence-electron chi connectivity index (χ3n) is 4.57. The summed E-state index contributed by atoms with van der Waals surface area (Å²) in [6, 6.07) is 18.6. The van der Waals surface area contributed by atoms with E-state index in [1.165, 1.54) is 5.56 Å². The Bertz CT molecular complexity index is 729. The predicted molar refractivity (Wildman–Crippen MR) is 107 cm³/mol. The first-order valence-electron chi connectivity index (χ1n) is 9.54. The Morgan fingerprint density at radius 3 is 2.22 bits per heavy atom. The van der Waals surface area contributed by atoms with Crippen molar-refractivity contribution in [3.63, 3.8) is 0 Å². The summed E-state index contributed by atoms with van der Waals surface area (Å²) in [5.41, 5.74) is 3.52. The predicted octanol–water partition coefficient (Wildman–Crippen LogP) is 1.63. The molecule has 0 aliphatic rings. The van der Waals surface area contributed by atoms with E-state index in [1.54, 1.807) is 4.90 Å². The molecule has 5 nitrogen and oxygen atoms in total. The summed E-state index contributed by atoms with van der Waals surface area (Å²) in [4.78, 5) is 26.1. The van der Waals surface area contributed by atoms with Crippen LogP contribution in [0.3, 0.4) is 0 Å². The molecular weight excluding hydrogens is 338 g/mol. The molecule has 27 heavy (non-hydrogen) atoms. The molecule has 3 N–H and O–H groups in total. The number of quaternary nitrogens is 1. The summed E-state index contributed by atoms with van der Waals surface area (Å²) in [7, 11) is 0. The van der Waals surface area contributed by atoms with Crippen molar-refractivity contribution >= 4 is 11.8 Å². The average molecular weight is 369 g/mol. The Balaban J connectivity index is 2.10. The van der Waals surface area contributed by atoms with Gasteiger partial charge in [0, 0.05) is 24.2 Å². The molecule has 144 valence electrons. The fraction of sp³-hybridized carbons (Fsp3) is 0.364. The number of aryl methyl sites for hydroxylation is 1. The molecule has 0 bridgehead atoms. The Labute approximate surface area is 161 Å². The molecule has 0 spiro atoms. The van der Waals surface area contributed by atoms with Crippen molar-refractivity contribution in [2.45, 2.75) is 26.8 Å². The SMILES string of the molecule is CCNC(=O)CN(CC)C(=O)C[NH2+][C@@H](c1ccccc1)c1ccc(C)cc1. The minimum Gasteiger partial charge on any atom is -0.355 e. The molecule has 1 atom stereocenters. The third kappa shape index (κ3) is 6.22. The molecule has 2 aromatic rings. The molecule has 0 saturated heterocycles. The maximum atomic E-state index is 12.6. The van der Waals surface area contributed by atoms with Crippen molar-refractivity contribution in [3.8, 4) is 0 Å². The number of benzene rings is 2. The number of nitrogens with one attached hydrogen (secondary N) is 1. The molecule has 0 unspecified atom stereocenters. The average Bonchev–Trinajstić information content (AvgIpc) is 2.68. The zero-order valence-corrected chi connectivity index (χ0v) is 16.4. The second kappa shape index (κ2) is 10.5. The van der Waals surface area contributed by atoms with Crippen molar-refractivity contribution in [2.24, 2.45) is 0 Å². The summed E-state index contributed by atoms with van der Waals surface area (Å²) in [5, 5.41) is 4.79. The van der Waals surface area contributed by atoms with Gasteiger partial charge in [-0.25, -0.2) is 0 Å². The fourth-order valence-electron chi connectivity index (χ4n) is 3.05. The highest BCUT2D eigenvalue weighted by Gasteiger charge is 2.22. The molecule has 0 fully saturated rings. The van der Waals surface area contributed by atoms with Crippen molar-refractivity contribution in [1.29, 1.82) is 0 Å². The van der Waals surface area contributed by atoms with Crippen LogP contribution in [0.4, 0.5) is 0 Å². The minimum atomic E-state index is -0.120. The first-order chi connectivity index (χ1) is 13.0. The van der Waals surface area contributed by atoms with E-state index >= 15 is 0 Å². The maximum Gasteiger partial charge on any atom is 0.278 e. The highest BCUT2D eigenvalue weighted by Crippen LogP contribution is 2.18. The molecule has 0 saturated carbocycles. The van der Waals surface area contributed by atoms with Crippen LogP contribution in [0.15, 0.2) is 54.6 Å². The van der Waals surface area contributed by atoms with Crippen LogP contribution in [0.1, 0.15) is 36.6 Å². The monoisotopic (exact) mass is 368 g/mol. The van der Waals surface area contributed by atoms with Gasteiger partial charge >= 0.3 is 0 Å². The third-order valence-corrected chi connectivity index (χ3v) is 4.57. The van der Waals surface area contributed by atoms with Gasteiger partial charge in [-0.2, -0.15) is 0 Å². The van der Waals surface area contributed by atoms with Crippen LogP contribution in [0.5, 0.6) is 0 Å². The standard InChI is InChI=1S/C22H29N3O2/c1-4-23-20(26)16-25(5-2)21(27)15-24-22(18-9-7-6-8-10-18)19-13-11-17(3)12-14-19/h6-14,22,24H,4-5,15-16H2,1-3H3,(H,23,26)/p+1/t22-/m0/s1. The lowest BCUT2D eigenvalue weighted by molar-refractivity contribution is -0.677. The van der Waals surface area contributed by atoms with Gasteiger partial charge in [0.1, 0.15) is 6.04 Å². The number of likely N-dealkylation sites (N-methyl/N-ethyl adjacent to an activating group) is 2. The van der Waals surface area contributed by atoms with Gasteiger partial charge in [0.25, 0.3) is 5.91 Å². The van der Waals surface area contributed by atoms with E-state index in [2.05, 4.69) is 48.6 Å². The number of carbonyl (C=O) groups excluding carboxylic acids is 2. The lowest BCUT2D eigenvalue weighted by Gasteiger charge is -2.22. The molecule has 2 aromatic carbocycles. The van der Waals surface area contributed by atoms with E-state index in [0.29, 0.717) is 19.6 Å². The van der Waals surface area contributed by atoms with Gasteiger partial charge in [-0.15, -0.1) is 0 Å². The van der Waals surface area contributed by atoms with E-state index in [1.807, 2.05) is 37.4 Å². The molecule has 2 amide bonds. The van der Waals surface area contributed by atoms with Crippen LogP contribution in [0.25, 0.3) is 0 Å². The second-order valence-electron chi connectivity index (χ2n) is 6.60. The highest BCUT2D eigenvalue weighted by molar-refractivity contribution is 5.85. The van der Waals surface area contributed by atoms with Crippen molar-refractivity contribution in [3.05, 3.63) is 71.3 Å². The molecule has 0 radical (unpaired) electrons. The Morgan fingerprint density at radius 1 is 1.00 bits per heavy atom. The van der Waals surface area contributed by atoms with E-state index in [0.717, 1.165) is 11.1 Å². The Morgan fingerprint density at radius 2 is 1.63 bits per heavy atom. The Hall–Kier alpha value is -2.66. The van der Waals surface area contributed by atoms with Crippen LogP contribution in [-0.2, 0) is 9.59 Å². The first-order valence-corrected chi connectivity index (χ1v) is 9.54. The van der Waals surface area contributed by atoms with Gasteiger partial charge in [0.2, 0.25) is 5.91 Å². The zero-order valence-electron chi connectivity index (χ0n) is 16.4. The van der Waals surface area contributed by atoms with Crippen LogP contribution >= 0.6 is 0 Å². The quantitative estimate of drug-likeness (QED) is 0.707. The molecule has 0 heterocycles. The van der Waals surface area contributed by atoms with Gasteiger partial charge in [-0.05, 0) is 20.8 Å². The van der Waals surface area contributed by atoms with Crippen LogP contribution < -0.4 is 10.6 Å². The van der Waals surface area contributed by atoms with Crippen LogP contribution in [-0.4, -0.2) is 42.9 Å². The van der Waals surface area contributed by atoms with Gasteiger partial charge in [-0.1, -0.05) is 60.2 Å². The number of rotatable bonds is 9. The summed E-state index contributed by atoms with van der Waals surface area (Å²) in [5.74, 6) is -0.150. The molecular formula is C22H30N3O2+. The summed E-state index contributed by atoms with van der Waals surface area (Å²) >= 11 is 0. The molecule has 0 aromatic heterocycles. The number of nitrogens with two attached hydrogens (primary N) is 1. The van der Waals surface area contributed by atoms with E-state index in [4.69, 9.17) is 0 Å². The number of carbonyl (C=O) groups is 2. The first kappa shape index (κ1) is 20.6. The maximum absolute atomic E-state index is 12.6. The van der Waals surface area contributed by atoms with E-state index in [-0.39, 0.29) is 24.4 Å².